The Labute approximate surface area is 126 Å². The maximum atomic E-state index is 12.9. The van der Waals surface area contributed by atoms with E-state index < -0.39 is 57.5 Å². The average Bonchev–Trinajstić information content (AvgIpc) is 2.40. The van der Waals surface area contributed by atoms with Gasteiger partial charge in [-0.05, 0) is 0 Å². The van der Waals surface area contributed by atoms with Crippen molar-refractivity contribution < 1.29 is 67.2 Å². The summed E-state index contributed by atoms with van der Waals surface area (Å²) < 4.78 is 148. The number of rotatable bonds is 12. The van der Waals surface area contributed by atoms with E-state index in [4.69, 9.17) is 0 Å². The molecule has 146 valence electrons. The monoisotopic (exact) mass is 390 g/mol. The molecule has 15 heteroatoms. The van der Waals surface area contributed by atoms with Gasteiger partial charge in [0.1, 0.15) is 19.8 Å². The summed E-state index contributed by atoms with van der Waals surface area (Å²) in [6.07, 6.45) is -25.0. The van der Waals surface area contributed by atoms with Crippen molar-refractivity contribution >= 4 is 0 Å². The van der Waals surface area contributed by atoms with Crippen LogP contribution >= 0.6 is 0 Å². The van der Waals surface area contributed by atoms with E-state index in [2.05, 4.69) is 18.9 Å². The van der Waals surface area contributed by atoms with Crippen LogP contribution in [0.25, 0.3) is 0 Å². The molecule has 0 atom stereocenters. The first-order chi connectivity index (χ1) is 10.6. The molecule has 0 aliphatic heterocycles. The van der Waals surface area contributed by atoms with Crippen LogP contribution in [0.5, 0.6) is 0 Å². The second-order valence-corrected chi connectivity index (χ2v) is 3.91. The minimum Gasteiger partial charge on any atom is -0.341 e. The van der Waals surface area contributed by atoms with Crippen LogP contribution in [0, 0.1) is 0 Å². The Kier molecular flexibility index (Phi) is 8.11. The van der Waals surface area contributed by atoms with Crippen LogP contribution in [0.15, 0.2) is 0 Å². The summed E-state index contributed by atoms with van der Waals surface area (Å²) in [7, 11) is 0. The van der Waals surface area contributed by atoms with Gasteiger partial charge in [-0.25, -0.2) is 17.9 Å². The fourth-order valence-electron chi connectivity index (χ4n) is 0.893. The quantitative estimate of drug-likeness (QED) is 0.477. The van der Waals surface area contributed by atoms with Crippen molar-refractivity contribution in [2.45, 2.75) is 30.9 Å². The summed E-state index contributed by atoms with van der Waals surface area (Å²) >= 11 is 0. The summed E-state index contributed by atoms with van der Waals surface area (Å²) in [5, 5.41) is 0. The van der Waals surface area contributed by atoms with Crippen molar-refractivity contribution in [1.82, 2.24) is 0 Å². The van der Waals surface area contributed by atoms with Gasteiger partial charge in [0.2, 0.25) is 0 Å². The average molecular weight is 390 g/mol. The number of hydrogen-bond acceptors (Lipinski definition) is 4. The van der Waals surface area contributed by atoms with Crippen molar-refractivity contribution in [3.63, 3.8) is 0 Å². The van der Waals surface area contributed by atoms with Gasteiger partial charge in [0.25, 0.3) is 0 Å². The maximum Gasteiger partial charge on any atom is 0.421 e. The molecule has 0 fully saturated rings. The standard InChI is InChI=1S/C9H9F11O4/c10-4-21-1-6(13,14)22-2-7(15,16)23-3-8(17,18)24-9(19,20)5(11)12/h5H,1-4H2. The third kappa shape index (κ3) is 9.39. The van der Waals surface area contributed by atoms with E-state index >= 15 is 0 Å². The molecule has 0 aromatic rings. The molecule has 0 saturated heterocycles. The highest BCUT2D eigenvalue weighted by molar-refractivity contribution is 4.63. The van der Waals surface area contributed by atoms with Crippen LogP contribution in [-0.4, -0.2) is 57.5 Å². The van der Waals surface area contributed by atoms with E-state index in [1.54, 1.807) is 0 Å². The molecule has 0 aromatic carbocycles. The van der Waals surface area contributed by atoms with Gasteiger partial charge in [-0.2, -0.15) is 35.1 Å². The fourth-order valence-corrected chi connectivity index (χ4v) is 0.893. The highest BCUT2D eigenvalue weighted by Gasteiger charge is 2.52. The molecule has 0 N–H and O–H groups in total. The van der Waals surface area contributed by atoms with Gasteiger partial charge in [0.05, 0.1) is 0 Å². The molecule has 0 unspecified atom stereocenters. The predicted molar refractivity (Wildman–Crippen MR) is 50.7 cm³/mol. The Morgan fingerprint density at radius 2 is 1.08 bits per heavy atom. The van der Waals surface area contributed by atoms with Crippen LogP contribution in [0.2, 0.25) is 0 Å². The number of ether oxygens (including phenoxy) is 4. The maximum absolute atomic E-state index is 12.9. The van der Waals surface area contributed by atoms with Gasteiger partial charge in [0, 0.05) is 0 Å². The fraction of sp³-hybridized carbons (Fsp3) is 1.00. The lowest BCUT2D eigenvalue weighted by atomic mass is 10.5. The van der Waals surface area contributed by atoms with Gasteiger partial charge in [0.15, 0.2) is 6.86 Å². The number of halogens is 11. The van der Waals surface area contributed by atoms with E-state index in [9.17, 15) is 48.3 Å². The molecule has 0 rings (SSSR count). The second-order valence-electron chi connectivity index (χ2n) is 3.91. The van der Waals surface area contributed by atoms with Gasteiger partial charge >= 0.3 is 30.9 Å². The van der Waals surface area contributed by atoms with Gasteiger partial charge < -0.3 is 14.2 Å². The summed E-state index contributed by atoms with van der Waals surface area (Å²) in [6, 6.07) is 0. The zero-order chi connectivity index (χ0) is 19.2. The SMILES string of the molecule is FCOCC(F)(F)OCC(F)(F)OCC(F)(F)OC(F)(F)C(F)F. The lowest BCUT2D eigenvalue weighted by molar-refractivity contribution is -0.427. The zero-order valence-electron chi connectivity index (χ0n) is 11.2. The zero-order valence-corrected chi connectivity index (χ0v) is 11.2. The van der Waals surface area contributed by atoms with E-state index in [0.717, 1.165) is 0 Å². The number of alkyl halides is 11. The molecule has 0 aromatic heterocycles. The molecular formula is C9H9F11O4. The molecular weight excluding hydrogens is 381 g/mol. The van der Waals surface area contributed by atoms with E-state index in [-0.39, 0.29) is 0 Å². The molecule has 0 saturated carbocycles. The lowest BCUT2D eigenvalue weighted by Gasteiger charge is -2.25. The third-order valence-corrected chi connectivity index (χ3v) is 1.79. The largest absolute Gasteiger partial charge is 0.421 e. The first kappa shape index (κ1) is 23.1. The summed E-state index contributed by atoms with van der Waals surface area (Å²) in [5.41, 5.74) is 0. The topological polar surface area (TPSA) is 36.9 Å². The van der Waals surface area contributed by atoms with Crippen molar-refractivity contribution in [3.8, 4) is 0 Å². The Bertz CT molecular complexity index is 377. The molecule has 0 heterocycles. The Morgan fingerprint density at radius 3 is 1.50 bits per heavy atom. The van der Waals surface area contributed by atoms with Crippen molar-refractivity contribution in [3.05, 3.63) is 0 Å². The third-order valence-electron chi connectivity index (χ3n) is 1.79. The van der Waals surface area contributed by atoms with E-state index in [0.29, 0.717) is 0 Å². The van der Waals surface area contributed by atoms with Crippen LogP contribution in [0.4, 0.5) is 48.3 Å². The summed E-state index contributed by atoms with van der Waals surface area (Å²) in [5.74, 6) is 0. The van der Waals surface area contributed by atoms with Crippen molar-refractivity contribution in [2.24, 2.45) is 0 Å². The second kappa shape index (κ2) is 8.44. The highest BCUT2D eigenvalue weighted by Crippen LogP contribution is 2.33. The van der Waals surface area contributed by atoms with Crippen LogP contribution in [0.1, 0.15) is 0 Å². The lowest BCUT2D eigenvalue weighted by Crippen LogP contribution is -2.44. The molecule has 0 aliphatic carbocycles. The van der Waals surface area contributed by atoms with Gasteiger partial charge in [-0.3, -0.25) is 0 Å². The molecule has 24 heavy (non-hydrogen) atoms. The highest BCUT2D eigenvalue weighted by atomic mass is 19.3. The Hall–Kier alpha value is -0.930. The molecule has 0 spiro atoms. The summed E-state index contributed by atoms with van der Waals surface area (Å²) in [6.45, 7) is -8.54. The van der Waals surface area contributed by atoms with Crippen LogP contribution in [0.3, 0.4) is 0 Å². The molecule has 0 amide bonds. The minimum absolute atomic E-state index is 1.70. The van der Waals surface area contributed by atoms with Crippen molar-refractivity contribution in [1.29, 1.82) is 0 Å². The minimum atomic E-state index is -5.67. The molecule has 0 aliphatic rings. The summed E-state index contributed by atoms with van der Waals surface area (Å²) in [4.78, 5) is 0. The Morgan fingerprint density at radius 1 is 0.667 bits per heavy atom. The van der Waals surface area contributed by atoms with Crippen LogP contribution in [-0.2, 0) is 18.9 Å². The molecule has 0 radical (unpaired) electrons. The number of hydrogen-bond donors (Lipinski definition) is 0. The van der Waals surface area contributed by atoms with E-state index in [1.165, 1.54) is 0 Å². The van der Waals surface area contributed by atoms with Crippen molar-refractivity contribution in [2.75, 3.05) is 26.7 Å². The van der Waals surface area contributed by atoms with Gasteiger partial charge in [-0.15, -0.1) is 0 Å². The predicted octanol–water partition coefficient (Wildman–Crippen LogP) is 3.62. The molecule has 4 nitrogen and oxygen atoms in total. The van der Waals surface area contributed by atoms with Crippen LogP contribution < -0.4 is 0 Å². The normalized spacial score (nSPS) is 14.5. The van der Waals surface area contributed by atoms with Gasteiger partial charge in [-0.1, -0.05) is 0 Å². The smallest absolute Gasteiger partial charge is 0.341 e. The van der Waals surface area contributed by atoms with E-state index in [1.807, 2.05) is 0 Å². The Balaban J connectivity index is 4.50. The first-order valence-corrected chi connectivity index (χ1v) is 5.54. The first-order valence-electron chi connectivity index (χ1n) is 5.54. The molecule has 0 bridgehead atoms.